The minimum atomic E-state index is 0.772. The zero-order chi connectivity index (χ0) is 12.9. The van der Waals surface area contributed by atoms with Gasteiger partial charge in [0.2, 0.25) is 0 Å². The van der Waals surface area contributed by atoms with Crippen LogP contribution < -0.4 is 0 Å². The van der Waals surface area contributed by atoms with Gasteiger partial charge in [-0.25, -0.2) is 0 Å². The van der Waals surface area contributed by atoms with Crippen molar-refractivity contribution in [1.29, 1.82) is 0 Å². The van der Waals surface area contributed by atoms with Crippen molar-refractivity contribution in [2.75, 3.05) is 0 Å². The minimum absolute atomic E-state index is 0.772. The summed E-state index contributed by atoms with van der Waals surface area (Å²) in [6, 6.07) is 4.16. The third-order valence-corrected chi connectivity index (χ3v) is 7.85. The normalized spacial score (nSPS) is 11.2. The second-order valence-corrected chi connectivity index (χ2v) is 7.97. The highest BCUT2D eigenvalue weighted by atomic mass is 127. The monoisotopic (exact) mass is 498 g/mol. The van der Waals surface area contributed by atoms with E-state index in [1.165, 1.54) is 22.7 Å². The molecule has 3 aromatic rings. The number of rotatable bonds is 2. The standard InChI is InChI=1S/C12H4I2O2S2/c13-11-5-1-7-6(12(14)10(4-16)17-7)2-8(5)18-9(11)3-15/h1-4H. The van der Waals surface area contributed by atoms with Crippen LogP contribution >= 0.6 is 67.9 Å². The summed E-state index contributed by atoms with van der Waals surface area (Å²) < 4.78 is 4.20. The van der Waals surface area contributed by atoms with Crippen LogP contribution in [0.2, 0.25) is 0 Å². The van der Waals surface area contributed by atoms with Crippen molar-refractivity contribution in [2.45, 2.75) is 0 Å². The molecule has 0 aliphatic rings. The quantitative estimate of drug-likeness (QED) is 0.371. The molecule has 0 aliphatic carbocycles. The predicted octanol–water partition coefficient (Wildman–Crippen LogP) is 4.95. The summed E-state index contributed by atoms with van der Waals surface area (Å²) in [6.45, 7) is 0. The molecule has 18 heavy (non-hydrogen) atoms. The maximum atomic E-state index is 11.0. The van der Waals surface area contributed by atoms with E-state index in [1.807, 2.05) is 0 Å². The molecular weight excluding hydrogens is 494 g/mol. The van der Waals surface area contributed by atoms with Crippen molar-refractivity contribution in [3.05, 3.63) is 29.0 Å². The molecular formula is C12H4I2O2S2. The molecule has 2 nitrogen and oxygen atoms in total. The first kappa shape index (κ1) is 12.9. The minimum Gasteiger partial charge on any atom is -0.297 e. The van der Waals surface area contributed by atoms with Gasteiger partial charge in [0.1, 0.15) is 0 Å². The maximum Gasteiger partial charge on any atom is 0.161 e. The van der Waals surface area contributed by atoms with Gasteiger partial charge in [0, 0.05) is 27.3 Å². The fourth-order valence-corrected chi connectivity index (χ4v) is 5.85. The predicted molar refractivity (Wildman–Crippen MR) is 93.4 cm³/mol. The highest BCUT2D eigenvalue weighted by molar-refractivity contribution is 14.1. The van der Waals surface area contributed by atoms with Crippen LogP contribution in [-0.4, -0.2) is 12.6 Å². The van der Waals surface area contributed by atoms with E-state index in [1.54, 1.807) is 0 Å². The topological polar surface area (TPSA) is 34.1 Å². The fourth-order valence-electron chi connectivity index (χ4n) is 1.82. The first-order chi connectivity index (χ1) is 8.65. The van der Waals surface area contributed by atoms with Crippen LogP contribution in [0.25, 0.3) is 20.2 Å². The molecule has 3 rings (SSSR count). The van der Waals surface area contributed by atoms with Crippen molar-refractivity contribution < 1.29 is 9.59 Å². The zero-order valence-electron chi connectivity index (χ0n) is 8.70. The number of aldehydes is 2. The third-order valence-electron chi connectivity index (χ3n) is 2.64. The number of hydrogen-bond donors (Lipinski definition) is 0. The molecule has 90 valence electrons. The van der Waals surface area contributed by atoms with Gasteiger partial charge < -0.3 is 0 Å². The lowest BCUT2D eigenvalue weighted by Crippen LogP contribution is -1.75. The molecule has 0 saturated heterocycles. The zero-order valence-corrected chi connectivity index (χ0v) is 14.6. The Morgan fingerprint density at radius 2 is 1.22 bits per heavy atom. The number of hydrogen-bond acceptors (Lipinski definition) is 4. The number of thiophene rings is 2. The molecule has 0 saturated carbocycles. The van der Waals surface area contributed by atoms with E-state index < -0.39 is 0 Å². The van der Waals surface area contributed by atoms with Crippen molar-refractivity contribution in [3.8, 4) is 0 Å². The Balaban J connectivity index is 2.45. The Hall–Kier alpha value is -0.0600. The second-order valence-electron chi connectivity index (χ2n) is 3.64. The van der Waals surface area contributed by atoms with Gasteiger partial charge in [-0.15, -0.1) is 22.7 Å². The van der Waals surface area contributed by atoms with Crippen LogP contribution in [0.1, 0.15) is 19.3 Å². The van der Waals surface area contributed by atoms with Crippen LogP contribution in [0.15, 0.2) is 12.1 Å². The van der Waals surface area contributed by atoms with Crippen LogP contribution in [0.4, 0.5) is 0 Å². The van der Waals surface area contributed by atoms with Gasteiger partial charge in [0.05, 0.1) is 9.75 Å². The molecule has 0 N–H and O–H groups in total. The largest absolute Gasteiger partial charge is 0.297 e. The van der Waals surface area contributed by atoms with E-state index in [-0.39, 0.29) is 0 Å². The smallest absolute Gasteiger partial charge is 0.161 e. The Morgan fingerprint density at radius 1 is 0.833 bits per heavy atom. The summed E-state index contributed by atoms with van der Waals surface area (Å²) in [5.41, 5.74) is 0. The molecule has 1 aromatic carbocycles. The van der Waals surface area contributed by atoms with Crippen LogP contribution in [0.3, 0.4) is 0 Å². The first-order valence-corrected chi connectivity index (χ1v) is 8.69. The summed E-state index contributed by atoms with van der Waals surface area (Å²) in [4.78, 5) is 23.5. The number of benzene rings is 1. The van der Waals surface area contributed by atoms with Crippen molar-refractivity contribution >= 4 is 101 Å². The van der Waals surface area contributed by atoms with E-state index in [4.69, 9.17) is 0 Å². The average molecular weight is 498 g/mol. The second kappa shape index (κ2) is 4.80. The molecule has 0 unspecified atom stereocenters. The number of carbonyl (C=O) groups excluding carboxylic acids is 2. The van der Waals surface area contributed by atoms with E-state index in [9.17, 15) is 9.59 Å². The lowest BCUT2D eigenvalue weighted by atomic mass is 10.2. The van der Waals surface area contributed by atoms with E-state index in [0.717, 1.165) is 49.6 Å². The van der Waals surface area contributed by atoms with Crippen molar-refractivity contribution in [1.82, 2.24) is 0 Å². The maximum absolute atomic E-state index is 11.0. The third kappa shape index (κ3) is 1.84. The first-order valence-electron chi connectivity index (χ1n) is 4.90. The number of fused-ring (bicyclic) bond motifs is 2. The number of carbonyl (C=O) groups is 2. The SMILES string of the molecule is O=Cc1sc2cc3c(I)c(C=O)sc3cc2c1I. The van der Waals surface area contributed by atoms with E-state index in [2.05, 4.69) is 57.3 Å². The molecule has 2 aromatic heterocycles. The average Bonchev–Trinajstić information content (AvgIpc) is 2.86. The summed E-state index contributed by atoms with van der Waals surface area (Å²) >= 11 is 7.41. The van der Waals surface area contributed by atoms with Crippen LogP contribution in [-0.2, 0) is 0 Å². The van der Waals surface area contributed by atoms with Gasteiger partial charge in [-0.3, -0.25) is 9.59 Å². The van der Waals surface area contributed by atoms with Crippen LogP contribution in [0, 0.1) is 7.14 Å². The van der Waals surface area contributed by atoms with Crippen LogP contribution in [0.5, 0.6) is 0 Å². The van der Waals surface area contributed by atoms with Gasteiger partial charge in [-0.1, -0.05) is 0 Å². The van der Waals surface area contributed by atoms with Gasteiger partial charge in [0.25, 0.3) is 0 Å². The highest BCUT2D eigenvalue weighted by Crippen LogP contribution is 2.39. The van der Waals surface area contributed by atoms with Crippen molar-refractivity contribution in [2.24, 2.45) is 0 Å². The highest BCUT2D eigenvalue weighted by Gasteiger charge is 2.14. The summed E-state index contributed by atoms with van der Waals surface area (Å²) in [6.07, 6.45) is 1.81. The van der Waals surface area contributed by atoms with E-state index in [0.29, 0.717) is 0 Å². The molecule has 0 fully saturated rings. The Kier molecular flexibility index (Phi) is 3.45. The fraction of sp³-hybridized carbons (Fsp3) is 0. The Labute approximate surface area is 138 Å². The molecule has 0 radical (unpaired) electrons. The van der Waals surface area contributed by atoms with Crippen molar-refractivity contribution in [3.63, 3.8) is 0 Å². The molecule has 0 atom stereocenters. The van der Waals surface area contributed by atoms with E-state index >= 15 is 0 Å². The van der Waals surface area contributed by atoms with Gasteiger partial charge in [-0.05, 0) is 57.3 Å². The van der Waals surface area contributed by atoms with Gasteiger partial charge in [-0.2, -0.15) is 0 Å². The number of halogens is 2. The van der Waals surface area contributed by atoms with Gasteiger partial charge in [0.15, 0.2) is 12.6 Å². The van der Waals surface area contributed by atoms with Gasteiger partial charge >= 0.3 is 0 Å². The molecule has 0 bridgehead atoms. The Morgan fingerprint density at radius 3 is 1.56 bits per heavy atom. The lowest BCUT2D eigenvalue weighted by molar-refractivity contribution is 0.111. The summed E-state index contributed by atoms with van der Waals surface area (Å²) in [5.74, 6) is 0. The Bertz CT molecular complexity index is 733. The lowest BCUT2D eigenvalue weighted by Gasteiger charge is -1.93. The molecule has 0 spiro atoms. The molecule has 2 heterocycles. The molecule has 0 aliphatic heterocycles. The molecule has 0 amide bonds. The summed E-state index contributed by atoms with van der Waals surface area (Å²) in [5, 5.41) is 2.20. The summed E-state index contributed by atoms with van der Waals surface area (Å²) in [7, 11) is 0. The molecule has 6 heteroatoms.